The maximum Gasteiger partial charge on any atom is 0.0826 e. The fourth-order valence-corrected chi connectivity index (χ4v) is 0.924. The lowest BCUT2D eigenvalue weighted by Gasteiger charge is -2.18. The topological polar surface area (TPSA) is 92.5 Å². The summed E-state index contributed by atoms with van der Waals surface area (Å²) >= 11 is 0. The summed E-state index contributed by atoms with van der Waals surface area (Å²) in [5.74, 6) is 0. The molecule has 0 saturated carbocycles. The second-order valence-corrected chi connectivity index (χ2v) is 2.82. The van der Waals surface area contributed by atoms with Crippen LogP contribution in [0.25, 0.3) is 0 Å². The molecule has 0 rings (SSSR count). The van der Waals surface area contributed by atoms with E-state index in [1.54, 1.807) is 0 Å². The molecule has 0 amide bonds. The van der Waals surface area contributed by atoms with Gasteiger partial charge in [0, 0.05) is 6.42 Å². The molecule has 6 N–H and O–H groups in total. The summed E-state index contributed by atoms with van der Waals surface area (Å²) in [7, 11) is 0. The Bertz CT molecular complexity index is 98.4. The summed E-state index contributed by atoms with van der Waals surface area (Å²) in [4.78, 5) is 0. The van der Waals surface area contributed by atoms with Gasteiger partial charge >= 0.3 is 0 Å². The van der Waals surface area contributed by atoms with Crippen LogP contribution in [-0.4, -0.2) is 28.6 Å². The van der Waals surface area contributed by atoms with Gasteiger partial charge in [-0.2, -0.15) is 0 Å². The fraction of sp³-hybridized carbons (Fsp3) is 1.00. The molecule has 2 atom stereocenters. The maximum atomic E-state index is 9.21. The Morgan fingerprint density at radius 2 is 1.73 bits per heavy atom. The third-order valence-corrected chi connectivity index (χ3v) is 1.54. The molecule has 68 valence electrons. The van der Waals surface area contributed by atoms with Crippen LogP contribution in [0.1, 0.15) is 26.2 Å². The van der Waals surface area contributed by atoms with E-state index in [0.717, 1.165) is 6.42 Å². The van der Waals surface area contributed by atoms with E-state index < -0.39 is 18.4 Å². The minimum absolute atomic E-state index is 0.251. The normalized spacial score (nSPS) is 16.9. The minimum atomic E-state index is -0.782. The molecule has 0 spiro atoms. The van der Waals surface area contributed by atoms with Gasteiger partial charge in [0.1, 0.15) is 0 Å². The van der Waals surface area contributed by atoms with Crippen LogP contribution in [0.15, 0.2) is 0 Å². The third kappa shape index (κ3) is 5.15. The summed E-state index contributed by atoms with van der Waals surface area (Å²) in [5.41, 5.74) is 10.5. The summed E-state index contributed by atoms with van der Waals surface area (Å²) < 4.78 is 0. The maximum absolute atomic E-state index is 9.21. The first-order chi connectivity index (χ1) is 5.07. The van der Waals surface area contributed by atoms with Crippen molar-refractivity contribution in [3.63, 3.8) is 0 Å². The van der Waals surface area contributed by atoms with E-state index in [2.05, 4.69) is 0 Å². The van der Waals surface area contributed by atoms with Crippen LogP contribution in [0.4, 0.5) is 0 Å². The molecule has 4 nitrogen and oxygen atoms in total. The molecule has 0 aliphatic rings. The first-order valence-corrected chi connectivity index (χ1v) is 3.95. The second-order valence-electron chi connectivity index (χ2n) is 2.82. The zero-order valence-corrected chi connectivity index (χ0v) is 6.90. The smallest absolute Gasteiger partial charge is 0.0826 e. The van der Waals surface area contributed by atoms with Gasteiger partial charge < -0.3 is 21.7 Å². The average Bonchev–Trinajstić information content (AvgIpc) is 1.86. The van der Waals surface area contributed by atoms with Crippen molar-refractivity contribution in [1.82, 2.24) is 0 Å². The molecule has 11 heavy (non-hydrogen) atoms. The van der Waals surface area contributed by atoms with Crippen LogP contribution in [0.5, 0.6) is 0 Å². The van der Waals surface area contributed by atoms with Crippen molar-refractivity contribution in [2.45, 2.75) is 44.6 Å². The quantitative estimate of drug-likeness (QED) is 0.396. The highest BCUT2D eigenvalue weighted by molar-refractivity contribution is 4.69. The molecular weight excluding hydrogens is 144 g/mol. The van der Waals surface area contributed by atoms with Gasteiger partial charge in [-0.25, -0.2) is 0 Å². The predicted octanol–water partition coefficient (Wildman–Crippen LogP) is -0.858. The highest BCUT2D eigenvalue weighted by Gasteiger charge is 2.16. The van der Waals surface area contributed by atoms with Gasteiger partial charge in [-0.1, -0.05) is 13.3 Å². The van der Waals surface area contributed by atoms with E-state index in [9.17, 15) is 10.2 Å². The lowest BCUT2D eigenvalue weighted by atomic mass is 10.1. The van der Waals surface area contributed by atoms with Gasteiger partial charge in [-0.3, -0.25) is 0 Å². The Morgan fingerprint density at radius 1 is 1.18 bits per heavy atom. The average molecular weight is 162 g/mol. The van der Waals surface area contributed by atoms with Crippen LogP contribution in [0.3, 0.4) is 0 Å². The van der Waals surface area contributed by atoms with E-state index >= 15 is 0 Å². The second kappa shape index (κ2) is 5.49. The summed E-state index contributed by atoms with van der Waals surface area (Å²) in [6.07, 6.45) is -0.325. The predicted molar refractivity (Wildman–Crippen MR) is 43.7 cm³/mol. The van der Waals surface area contributed by atoms with Crippen LogP contribution in [-0.2, 0) is 0 Å². The SMILES string of the molecule is CCCC(O)C(O)CC(N)N. The molecular formula is C7H18N2O2. The molecule has 0 bridgehead atoms. The number of aliphatic hydroxyl groups excluding tert-OH is 2. The van der Waals surface area contributed by atoms with Crippen LogP contribution < -0.4 is 11.5 Å². The highest BCUT2D eigenvalue weighted by atomic mass is 16.3. The van der Waals surface area contributed by atoms with Crippen molar-refractivity contribution >= 4 is 0 Å². The Kier molecular flexibility index (Phi) is 5.41. The molecule has 0 saturated heterocycles. The summed E-state index contributed by atoms with van der Waals surface area (Å²) in [6, 6.07) is 0. The van der Waals surface area contributed by atoms with Gasteiger partial charge in [-0.15, -0.1) is 0 Å². The Hall–Kier alpha value is -0.160. The minimum Gasteiger partial charge on any atom is -0.390 e. The Balaban J connectivity index is 3.54. The van der Waals surface area contributed by atoms with Crippen molar-refractivity contribution in [3.8, 4) is 0 Å². The lowest BCUT2D eigenvalue weighted by molar-refractivity contribution is 0.00622. The van der Waals surface area contributed by atoms with E-state index in [1.165, 1.54) is 0 Å². The number of nitrogens with two attached hydrogens (primary N) is 2. The van der Waals surface area contributed by atoms with Gasteiger partial charge in [0.2, 0.25) is 0 Å². The van der Waals surface area contributed by atoms with E-state index in [-0.39, 0.29) is 6.42 Å². The monoisotopic (exact) mass is 162 g/mol. The van der Waals surface area contributed by atoms with Crippen LogP contribution in [0, 0.1) is 0 Å². The number of hydrogen-bond donors (Lipinski definition) is 4. The Morgan fingerprint density at radius 3 is 2.09 bits per heavy atom. The van der Waals surface area contributed by atoms with Crippen molar-refractivity contribution in [2.24, 2.45) is 11.5 Å². The summed E-state index contributed by atoms with van der Waals surface area (Å²) in [6.45, 7) is 1.94. The van der Waals surface area contributed by atoms with Crippen molar-refractivity contribution in [1.29, 1.82) is 0 Å². The van der Waals surface area contributed by atoms with E-state index in [1.807, 2.05) is 6.92 Å². The van der Waals surface area contributed by atoms with Crippen molar-refractivity contribution in [3.05, 3.63) is 0 Å². The Labute approximate surface area is 67.2 Å². The molecule has 4 heteroatoms. The van der Waals surface area contributed by atoms with E-state index in [4.69, 9.17) is 11.5 Å². The first-order valence-electron chi connectivity index (χ1n) is 3.95. The van der Waals surface area contributed by atoms with Gasteiger partial charge in [0.25, 0.3) is 0 Å². The molecule has 0 fully saturated rings. The first kappa shape index (κ1) is 10.8. The summed E-state index contributed by atoms with van der Waals surface area (Å²) in [5, 5.41) is 18.4. The van der Waals surface area contributed by atoms with Crippen LogP contribution >= 0.6 is 0 Å². The number of aliphatic hydroxyl groups is 2. The molecule has 0 radical (unpaired) electrons. The standard InChI is InChI=1S/C7H18N2O2/c1-2-3-5(10)6(11)4-7(8)9/h5-7,10-11H,2-4,8-9H2,1H3. The molecule has 0 aliphatic carbocycles. The molecule has 0 aromatic rings. The molecule has 0 aromatic heterocycles. The zero-order valence-electron chi connectivity index (χ0n) is 6.90. The highest BCUT2D eigenvalue weighted by Crippen LogP contribution is 2.05. The fourth-order valence-electron chi connectivity index (χ4n) is 0.924. The zero-order chi connectivity index (χ0) is 8.85. The van der Waals surface area contributed by atoms with Gasteiger partial charge in [-0.05, 0) is 6.42 Å². The molecule has 2 unspecified atom stereocenters. The number of rotatable bonds is 5. The van der Waals surface area contributed by atoms with Crippen molar-refractivity contribution in [2.75, 3.05) is 0 Å². The lowest BCUT2D eigenvalue weighted by Crippen LogP contribution is -2.38. The van der Waals surface area contributed by atoms with E-state index in [0.29, 0.717) is 6.42 Å². The van der Waals surface area contributed by atoms with Crippen molar-refractivity contribution < 1.29 is 10.2 Å². The molecule has 0 aromatic carbocycles. The third-order valence-electron chi connectivity index (χ3n) is 1.54. The number of hydrogen-bond acceptors (Lipinski definition) is 4. The van der Waals surface area contributed by atoms with Gasteiger partial charge in [0.15, 0.2) is 0 Å². The molecule has 0 aliphatic heterocycles. The molecule has 0 heterocycles. The van der Waals surface area contributed by atoms with Gasteiger partial charge in [0.05, 0.1) is 18.4 Å². The largest absolute Gasteiger partial charge is 0.390 e. The van der Waals surface area contributed by atoms with Crippen LogP contribution in [0.2, 0.25) is 0 Å².